The van der Waals surface area contributed by atoms with Gasteiger partial charge in [0.2, 0.25) is 5.91 Å². The van der Waals surface area contributed by atoms with Gasteiger partial charge in [-0.15, -0.1) is 6.42 Å². The number of carbonyl (C=O) groups is 5. The van der Waals surface area contributed by atoms with E-state index in [2.05, 4.69) is 26.5 Å². The summed E-state index contributed by atoms with van der Waals surface area (Å²) in [7, 11) is 0. The van der Waals surface area contributed by atoms with Gasteiger partial charge in [-0.3, -0.25) is 14.4 Å². The molecule has 2 amide bonds. The normalized spacial score (nSPS) is 14.8. The number of hydrogen-bond donors (Lipinski definition) is 4. The maximum Gasteiger partial charge on any atom is 0.258 e. The SMILES string of the molecule is C#CCN(c1ccc(C(=O)N[C@@H](CCC(=O)N[C@H](CCC(=O)[O-])C(=O)[O-])C(=O)[O-])cc1)[C@H]1CCc2cc3nc(CO)[nH]c(=O)c3cc21. The molecule has 2 aromatic carbocycles. The summed E-state index contributed by atoms with van der Waals surface area (Å²) in [6.07, 6.45) is 4.97. The second kappa shape index (κ2) is 15.0. The van der Waals surface area contributed by atoms with Gasteiger partial charge in [-0.05, 0) is 79.6 Å². The van der Waals surface area contributed by atoms with Gasteiger partial charge in [0.05, 0.1) is 47.5 Å². The summed E-state index contributed by atoms with van der Waals surface area (Å²) in [6, 6.07) is 6.39. The highest BCUT2D eigenvalue weighted by atomic mass is 16.4. The molecule has 0 saturated heterocycles. The highest BCUT2D eigenvalue weighted by molar-refractivity contribution is 5.97. The number of anilines is 1. The molecule has 0 radical (unpaired) electrons. The molecule has 246 valence electrons. The maximum absolute atomic E-state index is 12.9. The number of aromatic amines is 1. The van der Waals surface area contributed by atoms with Gasteiger partial charge in [0.25, 0.3) is 11.5 Å². The highest BCUT2D eigenvalue weighted by Gasteiger charge is 2.29. The number of nitrogens with zero attached hydrogens (tertiary/aromatic N) is 2. The highest BCUT2D eigenvalue weighted by Crippen LogP contribution is 2.39. The molecule has 3 aromatic rings. The van der Waals surface area contributed by atoms with Crippen molar-refractivity contribution in [3.63, 3.8) is 0 Å². The second-order valence-corrected chi connectivity index (χ2v) is 10.9. The van der Waals surface area contributed by atoms with Crippen molar-refractivity contribution in [2.75, 3.05) is 11.4 Å². The molecule has 1 heterocycles. The third-order valence-electron chi connectivity index (χ3n) is 7.82. The molecule has 0 saturated carbocycles. The average Bonchev–Trinajstić information content (AvgIpc) is 3.44. The molecule has 4 N–H and O–H groups in total. The van der Waals surface area contributed by atoms with E-state index in [4.69, 9.17) is 6.42 Å². The molecule has 15 heteroatoms. The number of aromatic nitrogens is 2. The maximum atomic E-state index is 12.9. The Balaban J connectivity index is 1.44. The summed E-state index contributed by atoms with van der Waals surface area (Å²) in [5.74, 6) is -3.78. The Kier molecular flexibility index (Phi) is 10.9. The van der Waals surface area contributed by atoms with Crippen LogP contribution in [0.1, 0.15) is 65.5 Å². The quantitative estimate of drug-likeness (QED) is 0.120. The Morgan fingerprint density at radius 3 is 2.30 bits per heavy atom. The average molecular weight is 645 g/mol. The van der Waals surface area contributed by atoms with Crippen LogP contribution in [0.15, 0.2) is 41.2 Å². The minimum Gasteiger partial charge on any atom is -0.550 e. The minimum atomic E-state index is -1.72. The molecule has 4 rings (SSSR count). The van der Waals surface area contributed by atoms with E-state index in [1.165, 1.54) is 12.1 Å². The lowest BCUT2D eigenvalue weighted by Gasteiger charge is -2.30. The molecule has 1 aliphatic carbocycles. The monoisotopic (exact) mass is 644 g/mol. The zero-order valence-electron chi connectivity index (χ0n) is 24.9. The third-order valence-corrected chi connectivity index (χ3v) is 7.82. The van der Waals surface area contributed by atoms with Gasteiger partial charge in [0.1, 0.15) is 12.4 Å². The Labute approximate surface area is 267 Å². The fraction of sp³-hybridized carbons (Fsp3) is 0.344. The fourth-order valence-electron chi connectivity index (χ4n) is 5.50. The van der Waals surface area contributed by atoms with Crippen molar-refractivity contribution in [3.05, 3.63) is 69.3 Å². The zero-order chi connectivity index (χ0) is 34.2. The molecule has 47 heavy (non-hydrogen) atoms. The Morgan fingerprint density at radius 1 is 1.02 bits per heavy atom. The molecule has 1 aliphatic rings. The predicted octanol–water partition coefficient (Wildman–Crippen LogP) is -3.06. The second-order valence-electron chi connectivity index (χ2n) is 10.9. The van der Waals surface area contributed by atoms with Gasteiger partial charge in [-0.2, -0.15) is 0 Å². The molecular formula is C32H30N5O10-3. The van der Waals surface area contributed by atoms with Gasteiger partial charge in [0.15, 0.2) is 0 Å². The van der Waals surface area contributed by atoms with Crippen LogP contribution in [-0.4, -0.2) is 63.4 Å². The van der Waals surface area contributed by atoms with Gasteiger partial charge < -0.3 is 55.3 Å². The number of aliphatic carboxylic acids is 3. The fourth-order valence-corrected chi connectivity index (χ4v) is 5.50. The van der Waals surface area contributed by atoms with Crippen LogP contribution in [0.2, 0.25) is 0 Å². The van der Waals surface area contributed by atoms with Crippen molar-refractivity contribution in [2.45, 2.75) is 63.3 Å². The predicted molar refractivity (Wildman–Crippen MR) is 159 cm³/mol. The summed E-state index contributed by atoms with van der Waals surface area (Å²) in [4.78, 5) is 80.0. The third kappa shape index (κ3) is 8.30. The Bertz CT molecular complexity index is 1800. The van der Waals surface area contributed by atoms with E-state index in [1.54, 1.807) is 18.2 Å². The number of H-pyrrole nitrogens is 1. The van der Waals surface area contributed by atoms with Crippen molar-refractivity contribution in [2.24, 2.45) is 0 Å². The zero-order valence-corrected chi connectivity index (χ0v) is 24.9. The van der Waals surface area contributed by atoms with Crippen molar-refractivity contribution < 1.29 is 44.4 Å². The first-order chi connectivity index (χ1) is 22.4. The number of carbonyl (C=O) groups excluding carboxylic acids is 5. The van der Waals surface area contributed by atoms with Crippen LogP contribution in [0, 0.1) is 12.3 Å². The topological polar surface area (TPSA) is 248 Å². The van der Waals surface area contributed by atoms with Crippen LogP contribution < -0.4 is 36.4 Å². The first-order valence-corrected chi connectivity index (χ1v) is 14.6. The number of amides is 2. The summed E-state index contributed by atoms with van der Waals surface area (Å²) >= 11 is 0. The van der Waals surface area contributed by atoms with Gasteiger partial charge in [0, 0.05) is 23.6 Å². The van der Waals surface area contributed by atoms with Crippen molar-refractivity contribution >= 4 is 46.3 Å². The lowest BCUT2D eigenvalue weighted by Crippen LogP contribution is -2.50. The molecule has 0 fully saturated rings. The largest absolute Gasteiger partial charge is 0.550 e. The minimum absolute atomic E-state index is 0.0968. The van der Waals surface area contributed by atoms with E-state index in [9.17, 15) is 49.2 Å². The van der Waals surface area contributed by atoms with Crippen molar-refractivity contribution in [1.82, 2.24) is 20.6 Å². The number of terminal acetylenes is 1. The Morgan fingerprint density at radius 2 is 1.68 bits per heavy atom. The summed E-state index contributed by atoms with van der Waals surface area (Å²) in [5, 5.41) is 47.6. The molecule has 0 unspecified atom stereocenters. The number of nitrogens with one attached hydrogen (secondary N) is 3. The standard InChI is InChI=1S/C32H33N5O10/c1-2-13-37(25-10-5-18-14-24-21(15-20(18)25)30(43)36-26(16-38)33-24)19-6-3-17(4-7-19)29(42)35-23(32(46)47)8-11-27(39)34-22(31(44)45)9-12-28(40)41/h1,3-4,6-7,14-15,22-23,25,38H,5,8-13,16H2,(H,34,39)(H,35,42)(H,40,41)(H,44,45)(H,46,47)(H,33,36,43)/p-3/t22-,23+,25+/m1/s1. The van der Waals surface area contributed by atoms with Gasteiger partial charge in [-0.25, -0.2) is 4.98 Å². The lowest BCUT2D eigenvalue weighted by atomic mass is 10.0. The Hall–Kier alpha value is -5.75. The van der Waals surface area contributed by atoms with Gasteiger partial charge >= 0.3 is 0 Å². The molecule has 3 atom stereocenters. The molecule has 0 aliphatic heterocycles. The van der Waals surface area contributed by atoms with Crippen LogP contribution >= 0.6 is 0 Å². The number of fused-ring (bicyclic) bond motifs is 2. The summed E-state index contributed by atoms with van der Waals surface area (Å²) in [6.45, 7) is -0.199. The van der Waals surface area contributed by atoms with Crippen molar-refractivity contribution in [1.29, 1.82) is 0 Å². The van der Waals surface area contributed by atoms with E-state index in [1.807, 2.05) is 11.0 Å². The van der Waals surface area contributed by atoms with Crippen LogP contribution in [0.3, 0.4) is 0 Å². The number of rotatable bonds is 15. The number of carboxylic acids is 3. The van der Waals surface area contributed by atoms with E-state index in [-0.39, 0.29) is 29.5 Å². The number of aryl methyl sites for hydroxylation is 1. The van der Waals surface area contributed by atoms with E-state index < -0.39 is 74.1 Å². The van der Waals surface area contributed by atoms with E-state index >= 15 is 0 Å². The van der Waals surface area contributed by atoms with Crippen molar-refractivity contribution in [3.8, 4) is 12.3 Å². The summed E-state index contributed by atoms with van der Waals surface area (Å²) < 4.78 is 0. The molecule has 0 bridgehead atoms. The molecule has 0 spiro atoms. The lowest BCUT2D eigenvalue weighted by molar-refractivity contribution is -0.311. The number of aliphatic hydroxyl groups is 1. The first-order valence-electron chi connectivity index (χ1n) is 14.6. The number of benzene rings is 2. The number of hydrogen-bond acceptors (Lipinski definition) is 12. The van der Waals surface area contributed by atoms with Gasteiger partial charge in [-0.1, -0.05) is 5.92 Å². The smallest absolute Gasteiger partial charge is 0.258 e. The summed E-state index contributed by atoms with van der Waals surface area (Å²) in [5.41, 5.74) is 2.73. The van der Waals surface area contributed by atoms with Crippen LogP contribution in [-0.2, 0) is 32.2 Å². The first kappa shape index (κ1) is 34.1. The van der Waals surface area contributed by atoms with E-state index in [0.29, 0.717) is 29.4 Å². The van der Waals surface area contributed by atoms with Crippen LogP contribution in [0.25, 0.3) is 10.9 Å². The molecule has 1 aromatic heterocycles. The molecule has 15 nitrogen and oxygen atoms in total. The number of carboxylic acid groups (broad SMARTS) is 3. The molecular weight excluding hydrogens is 614 g/mol. The van der Waals surface area contributed by atoms with Crippen LogP contribution in [0.5, 0.6) is 0 Å². The van der Waals surface area contributed by atoms with E-state index in [0.717, 1.165) is 11.1 Å². The van der Waals surface area contributed by atoms with Crippen LogP contribution in [0.4, 0.5) is 5.69 Å². The number of aliphatic hydroxyl groups excluding tert-OH is 1.